The number of hydrogen-bond donors (Lipinski definition) is 1. The van der Waals surface area contributed by atoms with Crippen molar-refractivity contribution in [3.63, 3.8) is 0 Å². The van der Waals surface area contributed by atoms with Crippen LogP contribution in [0.1, 0.15) is 5.56 Å². The molecule has 3 aromatic rings. The molecule has 6 heteroatoms. The number of nitrogens with one attached hydrogen (secondary N) is 1. The van der Waals surface area contributed by atoms with Crippen molar-refractivity contribution in [3.8, 4) is 6.07 Å². The van der Waals surface area contributed by atoms with Gasteiger partial charge in [0.05, 0.1) is 16.6 Å². The average molecular weight is 295 g/mol. The Morgan fingerprint density at radius 3 is 2.52 bits per heavy atom. The van der Waals surface area contributed by atoms with Gasteiger partial charge in [-0.25, -0.2) is 0 Å². The molecule has 1 aromatic heterocycles. The first-order chi connectivity index (χ1) is 10.2. The molecule has 0 saturated heterocycles. The van der Waals surface area contributed by atoms with Gasteiger partial charge in [-0.05, 0) is 30.3 Å². The molecule has 0 bridgehead atoms. The second kappa shape index (κ2) is 5.23. The summed E-state index contributed by atoms with van der Waals surface area (Å²) in [7, 11) is 0. The van der Waals surface area contributed by atoms with Crippen LogP contribution in [0.25, 0.3) is 10.1 Å². The Bertz CT molecular complexity index is 863. The summed E-state index contributed by atoms with van der Waals surface area (Å²) in [6.07, 6.45) is 0. The Morgan fingerprint density at radius 1 is 1.14 bits per heavy atom. The predicted molar refractivity (Wildman–Crippen MR) is 82.9 cm³/mol. The fourth-order valence-corrected chi connectivity index (χ4v) is 3.03. The number of thiophene rings is 1. The Balaban J connectivity index is 2.08. The number of nitriles is 1. The zero-order valence-corrected chi connectivity index (χ0v) is 11.6. The van der Waals surface area contributed by atoms with Crippen LogP contribution in [0.3, 0.4) is 0 Å². The van der Waals surface area contributed by atoms with Crippen LogP contribution in [-0.4, -0.2) is 4.92 Å². The molecular weight excluding hydrogens is 286 g/mol. The molecule has 21 heavy (non-hydrogen) atoms. The summed E-state index contributed by atoms with van der Waals surface area (Å²) in [5.74, 6) is 0. The van der Waals surface area contributed by atoms with E-state index in [0.29, 0.717) is 16.9 Å². The summed E-state index contributed by atoms with van der Waals surface area (Å²) in [5.41, 5.74) is 1.75. The fourth-order valence-electron chi connectivity index (χ4n) is 2.05. The third-order valence-corrected chi connectivity index (χ3v) is 4.15. The van der Waals surface area contributed by atoms with Gasteiger partial charge in [-0.3, -0.25) is 10.1 Å². The lowest BCUT2D eigenvalue weighted by Gasteiger charge is -2.04. The zero-order chi connectivity index (χ0) is 14.8. The lowest BCUT2D eigenvalue weighted by molar-refractivity contribution is -0.379. The van der Waals surface area contributed by atoms with Gasteiger partial charge in [0, 0.05) is 15.8 Å². The fraction of sp³-hybridized carbons (Fsp3) is 0. The van der Waals surface area contributed by atoms with E-state index in [4.69, 9.17) is 5.26 Å². The summed E-state index contributed by atoms with van der Waals surface area (Å²) in [5, 5.41) is 24.0. The third kappa shape index (κ3) is 2.42. The summed E-state index contributed by atoms with van der Waals surface area (Å²) in [6, 6.07) is 16.3. The molecule has 102 valence electrons. The molecule has 3 rings (SSSR count). The largest absolute Gasteiger partial charge is 0.349 e. The molecule has 0 aliphatic heterocycles. The van der Waals surface area contributed by atoms with Crippen molar-refractivity contribution in [1.82, 2.24) is 0 Å². The van der Waals surface area contributed by atoms with Gasteiger partial charge in [0.25, 0.3) is 0 Å². The maximum Gasteiger partial charge on any atom is 0.348 e. The average Bonchev–Trinajstić information content (AvgIpc) is 2.87. The van der Waals surface area contributed by atoms with Crippen LogP contribution in [0.15, 0.2) is 48.5 Å². The zero-order valence-electron chi connectivity index (χ0n) is 10.7. The van der Waals surface area contributed by atoms with Crippen molar-refractivity contribution in [1.29, 1.82) is 5.26 Å². The third-order valence-electron chi connectivity index (χ3n) is 3.03. The van der Waals surface area contributed by atoms with Gasteiger partial charge in [0.1, 0.15) is 5.69 Å². The molecular formula is C15H9N3O2S. The van der Waals surface area contributed by atoms with Crippen LogP contribution >= 0.6 is 11.3 Å². The number of nitrogens with zero attached hydrogens (tertiary/aromatic N) is 2. The van der Waals surface area contributed by atoms with Crippen LogP contribution < -0.4 is 5.32 Å². The lowest BCUT2D eigenvalue weighted by atomic mass is 10.2. The van der Waals surface area contributed by atoms with Crippen LogP contribution in [0.4, 0.5) is 16.4 Å². The van der Waals surface area contributed by atoms with E-state index in [0.717, 1.165) is 21.4 Å². The van der Waals surface area contributed by atoms with E-state index < -0.39 is 0 Å². The standard InChI is InChI=1S/C15H9N3O2S/c16-9-10-5-7-11(8-6-10)17-14-12-3-1-2-4-13(12)21-15(14)18(19)20/h1-8,17H. The van der Waals surface area contributed by atoms with Crippen molar-refractivity contribution in [2.24, 2.45) is 0 Å². The highest BCUT2D eigenvalue weighted by molar-refractivity contribution is 7.23. The first-order valence-electron chi connectivity index (χ1n) is 6.12. The minimum atomic E-state index is -0.378. The van der Waals surface area contributed by atoms with Crippen LogP contribution in [0, 0.1) is 21.4 Å². The number of nitro groups is 1. The monoisotopic (exact) mass is 295 g/mol. The van der Waals surface area contributed by atoms with Gasteiger partial charge in [-0.15, -0.1) is 0 Å². The minimum absolute atomic E-state index is 0.0839. The number of fused-ring (bicyclic) bond motifs is 1. The minimum Gasteiger partial charge on any atom is -0.349 e. The molecule has 5 nitrogen and oxygen atoms in total. The first-order valence-corrected chi connectivity index (χ1v) is 6.94. The smallest absolute Gasteiger partial charge is 0.348 e. The maximum atomic E-state index is 11.2. The summed E-state index contributed by atoms with van der Waals surface area (Å²) in [4.78, 5) is 10.8. The van der Waals surface area contributed by atoms with Crippen molar-refractivity contribution >= 4 is 37.8 Å². The van der Waals surface area contributed by atoms with Gasteiger partial charge >= 0.3 is 5.00 Å². The van der Waals surface area contributed by atoms with Crippen LogP contribution in [-0.2, 0) is 0 Å². The lowest BCUT2D eigenvalue weighted by Crippen LogP contribution is -1.93. The van der Waals surface area contributed by atoms with E-state index in [1.165, 1.54) is 0 Å². The van der Waals surface area contributed by atoms with Crippen molar-refractivity contribution in [3.05, 3.63) is 64.2 Å². The van der Waals surface area contributed by atoms with E-state index >= 15 is 0 Å². The van der Waals surface area contributed by atoms with E-state index in [1.54, 1.807) is 24.3 Å². The molecule has 0 fully saturated rings. The molecule has 0 saturated carbocycles. The summed E-state index contributed by atoms with van der Waals surface area (Å²) >= 11 is 1.14. The maximum absolute atomic E-state index is 11.2. The number of hydrogen-bond acceptors (Lipinski definition) is 5. The molecule has 1 N–H and O–H groups in total. The predicted octanol–water partition coefficient (Wildman–Crippen LogP) is 4.42. The summed E-state index contributed by atoms with van der Waals surface area (Å²) in [6.45, 7) is 0. The number of rotatable bonds is 3. The highest BCUT2D eigenvalue weighted by Crippen LogP contribution is 2.42. The Labute approximate surface area is 124 Å². The van der Waals surface area contributed by atoms with Crippen LogP contribution in [0.2, 0.25) is 0 Å². The molecule has 0 spiro atoms. The molecule has 0 aliphatic rings. The van der Waals surface area contributed by atoms with Crippen molar-refractivity contribution in [2.45, 2.75) is 0 Å². The Hall–Kier alpha value is -2.91. The van der Waals surface area contributed by atoms with E-state index in [9.17, 15) is 10.1 Å². The van der Waals surface area contributed by atoms with E-state index in [2.05, 4.69) is 5.32 Å². The molecule has 0 atom stereocenters. The molecule has 2 aromatic carbocycles. The summed E-state index contributed by atoms with van der Waals surface area (Å²) < 4.78 is 0.861. The van der Waals surface area contributed by atoms with E-state index in [-0.39, 0.29) is 9.92 Å². The van der Waals surface area contributed by atoms with Crippen LogP contribution in [0.5, 0.6) is 0 Å². The van der Waals surface area contributed by atoms with Gasteiger partial charge in [0.15, 0.2) is 0 Å². The molecule has 0 radical (unpaired) electrons. The SMILES string of the molecule is N#Cc1ccc(Nc2c([N+](=O)[O-])sc3ccccc23)cc1. The normalized spacial score (nSPS) is 10.2. The quantitative estimate of drug-likeness (QED) is 0.573. The van der Waals surface area contributed by atoms with Crippen molar-refractivity contribution < 1.29 is 4.92 Å². The number of anilines is 2. The molecule has 1 heterocycles. The molecule has 0 aliphatic carbocycles. The van der Waals surface area contributed by atoms with Gasteiger partial charge in [-0.2, -0.15) is 5.26 Å². The second-order valence-corrected chi connectivity index (χ2v) is 5.38. The van der Waals surface area contributed by atoms with Gasteiger partial charge in [-0.1, -0.05) is 29.5 Å². The van der Waals surface area contributed by atoms with E-state index in [1.807, 2.05) is 30.3 Å². The second-order valence-electron chi connectivity index (χ2n) is 4.35. The Morgan fingerprint density at radius 2 is 1.86 bits per heavy atom. The highest BCUT2D eigenvalue weighted by Gasteiger charge is 2.21. The molecule has 0 amide bonds. The topological polar surface area (TPSA) is 79.0 Å². The van der Waals surface area contributed by atoms with Gasteiger partial charge < -0.3 is 5.32 Å². The van der Waals surface area contributed by atoms with Crippen molar-refractivity contribution in [2.75, 3.05) is 5.32 Å². The van der Waals surface area contributed by atoms with Gasteiger partial charge in [0.2, 0.25) is 0 Å². The Kier molecular flexibility index (Phi) is 3.26. The molecule has 0 unspecified atom stereocenters. The first kappa shape index (κ1) is 13.1. The highest BCUT2D eigenvalue weighted by atomic mass is 32.1. The number of benzene rings is 2.